The number of nitrogens with two attached hydrogens (primary N) is 1. The van der Waals surface area contributed by atoms with Gasteiger partial charge >= 0.3 is 0 Å². The average Bonchev–Trinajstić information content (AvgIpc) is 3.17. The van der Waals surface area contributed by atoms with Gasteiger partial charge in [-0.2, -0.15) is 0 Å². The van der Waals surface area contributed by atoms with Crippen LogP contribution in [-0.4, -0.2) is 55.5 Å². The Kier molecular flexibility index (Phi) is 7.29. The van der Waals surface area contributed by atoms with E-state index < -0.39 is 34.0 Å². The number of nitrogens with zero attached hydrogens (tertiary/aromatic N) is 3. The zero-order valence-electron chi connectivity index (χ0n) is 23.1. The summed E-state index contributed by atoms with van der Waals surface area (Å²) in [6, 6.07) is 7.72. The Morgan fingerprint density at radius 3 is 2.58 bits per heavy atom. The Balaban J connectivity index is 1.16. The van der Waals surface area contributed by atoms with Crippen molar-refractivity contribution in [1.82, 2.24) is 9.97 Å². The van der Waals surface area contributed by atoms with Crippen molar-refractivity contribution < 1.29 is 32.4 Å². The van der Waals surface area contributed by atoms with Crippen LogP contribution in [0.15, 0.2) is 47.6 Å². The van der Waals surface area contributed by atoms with Crippen molar-refractivity contribution in [3.8, 4) is 0 Å². The van der Waals surface area contributed by atoms with E-state index in [1.807, 2.05) is 6.92 Å². The van der Waals surface area contributed by atoms with Crippen LogP contribution in [-0.2, 0) is 34.0 Å². The van der Waals surface area contributed by atoms with Gasteiger partial charge in [-0.05, 0) is 74.8 Å². The minimum absolute atomic E-state index is 0.0352. The quantitative estimate of drug-likeness (QED) is 0.281. The number of hydrogen-bond donors (Lipinski definition) is 1. The summed E-state index contributed by atoms with van der Waals surface area (Å²) in [5.74, 6) is 0.193. The second kappa shape index (κ2) is 10.5. The molecule has 1 spiro atoms. The fraction of sp³-hybridized carbons (Fsp3) is 0.643. The Morgan fingerprint density at radius 1 is 1.07 bits per heavy atom. The van der Waals surface area contributed by atoms with Crippen LogP contribution < -0.4 is 10.0 Å². The molecule has 7 rings (SSSR count). The standard InChI is InChI=1S/C28H38N4O7S/c1-18-6-11-23-19(2)24(36-25-28(23)22(18)12-13-27(3,37-25)38-39-28)35-17-5-16-32(26-30-14-4-15-31-26)40(33,34)21-9-7-20(29)8-10-21/h4,7-10,14-15,18-19,22-25H,5-6,11-13,16-17,29H2,1-3H3/t18-,19-,22?,23+,24+,25-,27-,28-/m1/s1. The summed E-state index contributed by atoms with van der Waals surface area (Å²) in [4.78, 5) is 20.6. The monoisotopic (exact) mass is 574 g/mol. The van der Waals surface area contributed by atoms with Gasteiger partial charge in [-0.3, -0.25) is 0 Å². The number of nitrogen functional groups attached to an aromatic ring is 1. The Bertz CT molecular complexity index is 1300. The molecule has 5 heterocycles. The molecule has 218 valence electrons. The van der Waals surface area contributed by atoms with Crippen molar-refractivity contribution in [3.63, 3.8) is 0 Å². The van der Waals surface area contributed by atoms with E-state index in [1.165, 1.54) is 28.8 Å². The van der Waals surface area contributed by atoms with Crippen LogP contribution in [0, 0.1) is 23.7 Å². The number of benzene rings is 1. The average molecular weight is 575 g/mol. The lowest BCUT2D eigenvalue weighted by Crippen LogP contribution is -2.70. The van der Waals surface area contributed by atoms with Gasteiger partial charge in [0.1, 0.15) is 0 Å². The Morgan fingerprint density at radius 2 is 1.82 bits per heavy atom. The highest BCUT2D eigenvalue weighted by molar-refractivity contribution is 7.92. The van der Waals surface area contributed by atoms with E-state index in [9.17, 15) is 8.42 Å². The molecule has 11 nitrogen and oxygen atoms in total. The topological polar surface area (TPSA) is 135 Å². The number of anilines is 2. The summed E-state index contributed by atoms with van der Waals surface area (Å²) in [5.41, 5.74) is 5.60. The summed E-state index contributed by atoms with van der Waals surface area (Å²) in [5, 5.41) is 0. The molecule has 1 aromatic carbocycles. The van der Waals surface area contributed by atoms with Gasteiger partial charge in [0.2, 0.25) is 11.7 Å². The maximum absolute atomic E-state index is 13.5. The number of aromatic nitrogens is 2. The normalized spacial score (nSPS) is 37.0. The molecule has 40 heavy (non-hydrogen) atoms. The third-order valence-electron chi connectivity index (χ3n) is 9.13. The maximum Gasteiger partial charge on any atom is 0.266 e. The van der Waals surface area contributed by atoms with Gasteiger partial charge in [0, 0.05) is 42.9 Å². The molecule has 5 fully saturated rings. The molecule has 2 N–H and O–H groups in total. The molecule has 2 bridgehead atoms. The number of ether oxygens (including phenoxy) is 3. The molecule has 8 atom stereocenters. The predicted octanol–water partition coefficient (Wildman–Crippen LogP) is 3.87. The van der Waals surface area contributed by atoms with E-state index in [-0.39, 0.29) is 41.7 Å². The second-order valence-electron chi connectivity index (χ2n) is 11.7. The molecule has 5 aliphatic rings. The second-order valence-corrected chi connectivity index (χ2v) is 13.6. The molecule has 1 saturated carbocycles. The summed E-state index contributed by atoms with van der Waals surface area (Å²) in [6.45, 7) is 6.71. The lowest BCUT2D eigenvalue weighted by atomic mass is 9.58. The number of rotatable bonds is 8. The van der Waals surface area contributed by atoms with E-state index in [4.69, 9.17) is 29.7 Å². The van der Waals surface area contributed by atoms with Crippen LogP contribution in [0.5, 0.6) is 0 Å². The van der Waals surface area contributed by atoms with Crippen molar-refractivity contribution in [2.75, 3.05) is 23.2 Å². The van der Waals surface area contributed by atoms with Crippen molar-refractivity contribution >= 4 is 21.7 Å². The van der Waals surface area contributed by atoms with Crippen LogP contribution in [0.1, 0.15) is 52.9 Å². The van der Waals surface area contributed by atoms with Gasteiger partial charge in [-0.25, -0.2) is 32.5 Å². The van der Waals surface area contributed by atoms with Crippen molar-refractivity contribution in [2.24, 2.45) is 23.7 Å². The Hall–Kier alpha value is -2.35. The zero-order chi connectivity index (χ0) is 28.1. The minimum atomic E-state index is -3.92. The molecule has 1 aromatic heterocycles. The maximum atomic E-state index is 13.5. The van der Waals surface area contributed by atoms with Crippen molar-refractivity contribution in [3.05, 3.63) is 42.7 Å². The van der Waals surface area contributed by atoms with Crippen LogP contribution in [0.4, 0.5) is 11.6 Å². The van der Waals surface area contributed by atoms with E-state index >= 15 is 0 Å². The van der Waals surface area contributed by atoms with Gasteiger partial charge in [-0.1, -0.05) is 13.8 Å². The molecule has 12 heteroatoms. The molecule has 4 aliphatic heterocycles. The number of sulfonamides is 1. The van der Waals surface area contributed by atoms with Crippen LogP contribution in [0.3, 0.4) is 0 Å². The fourth-order valence-electron chi connectivity index (χ4n) is 6.98. The highest BCUT2D eigenvalue weighted by Crippen LogP contribution is 2.60. The molecule has 2 aromatic rings. The summed E-state index contributed by atoms with van der Waals surface area (Å²) >= 11 is 0. The smallest absolute Gasteiger partial charge is 0.266 e. The van der Waals surface area contributed by atoms with Crippen LogP contribution in [0.2, 0.25) is 0 Å². The lowest BCUT2D eigenvalue weighted by Gasteiger charge is -2.60. The van der Waals surface area contributed by atoms with E-state index in [1.54, 1.807) is 18.2 Å². The first-order valence-electron chi connectivity index (χ1n) is 14.1. The van der Waals surface area contributed by atoms with E-state index in [2.05, 4.69) is 23.8 Å². The third-order valence-corrected chi connectivity index (χ3v) is 10.9. The molecule has 0 radical (unpaired) electrons. The largest absolute Gasteiger partial charge is 0.399 e. The van der Waals surface area contributed by atoms with Gasteiger partial charge in [0.25, 0.3) is 10.0 Å². The number of hydrogen-bond acceptors (Lipinski definition) is 10. The third kappa shape index (κ3) is 4.68. The SMILES string of the molecule is C[C@H]1[C@@H](OCCCN(c2ncccn2)S(=O)(=O)c2ccc(N)cc2)O[C@@H]2O[C@@]3(C)CCC4[C@H](C)CC[C@@H]1[C@]42OO3. The summed E-state index contributed by atoms with van der Waals surface area (Å²) < 4.78 is 47.4. The Labute approximate surface area is 235 Å². The van der Waals surface area contributed by atoms with Crippen LogP contribution >= 0.6 is 0 Å². The molecular weight excluding hydrogens is 536 g/mol. The van der Waals surface area contributed by atoms with E-state index in [0.29, 0.717) is 18.0 Å². The predicted molar refractivity (Wildman–Crippen MR) is 145 cm³/mol. The molecular formula is C28H38N4O7S. The van der Waals surface area contributed by atoms with Gasteiger partial charge < -0.3 is 19.9 Å². The van der Waals surface area contributed by atoms with Gasteiger partial charge in [0.05, 0.1) is 11.5 Å². The lowest BCUT2D eigenvalue weighted by molar-refractivity contribution is -0.577. The first-order valence-corrected chi connectivity index (χ1v) is 15.5. The van der Waals surface area contributed by atoms with Crippen LogP contribution in [0.25, 0.3) is 0 Å². The van der Waals surface area contributed by atoms with Gasteiger partial charge in [0.15, 0.2) is 18.2 Å². The number of fused-ring (bicyclic) bond motifs is 2. The fourth-order valence-corrected chi connectivity index (χ4v) is 8.40. The van der Waals surface area contributed by atoms with Crippen molar-refractivity contribution in [2.45, 2.75) is 81.7 Å². The zero-order valence-corrected chi connectivity index (χ0v) is 24.0. The highest BCUT2D eigenvalue weighted by Gasteiger charge is 2.69. The van der Waals surface area contributed by atoms with E-state index in [0.717, 1.165) is 25.7 Å². The molecule has 1 unspecified atom stereocenters. The molecule has 4 saturated heterocycles. The molecule has 1 aliphatic carbocycles. The van der Waals surface area contributed by atoms with Gasteiger partial charge in [-0.15, -0.1) is 0 Å². The first-order chi connectivity index (χ1) is 19.1. The first kappa shape index (κ1) is 27.8. The van der Waals surface area contributed by atoms with Crippen molar-refractivity contribution in [1.29, 1.82) is 0 Å². The highest BCUT2D eigenvalue weighted by atomic mass is 32.2. The minimum Gasteiger partial charge on any atom is -0.399 e. The summed E-state index contributed by atoms with van der Waals surface area (Å²) in [6.07, 6.45) is 6.12. The summed E-state index contributed by atoms with van der Waals surface area (Å²) in [7, 11) is -3.92. The molecule has 0 amide bonds.